The minimum atomic E-state index is -3.40. The molecule has 1 fully saturated rings. The zero-order chi connectivity index (χ0) is 19.6. The number of benzene rings is 1. The highest BCUT2D eigenvalue weighted by atomic mass is 32.2. The van der Waals surface area contributed by atoms with Crippen LogP contribution in [-0.2, 0) is 15.8 Å². The number of aromatic nitrogens is 2. The second-order valence-corrected chi connectivity index (χ2v) is 10.5. The molecule has 0 atom stereocenters. The Kier molecular flexibility index (Phi) is 5.82. The SMILES string of the molecule is Cc1ccc(-c2nc(CSc3ccc(S(=O)(=O)N4CCCC4)cn3)cs2)cc1. The van der Waals surface area contributed by atoms with Gasteiger partial charge in [0, 0.05) is 36.0 Å². The normalized spacial score (nSPS) is 15.2. The summed E-state index contributed by atoms with van der Waals surface area (Å²) in [5, 5.41) is 3.87. The molecule has 0 N–H and O–H groups in total. The van der Waals surface area contributed by atoms with Crippen molar-refractivity contribution in [2.45, 2.75) is 35.4 Å². The van der Waals surface area contributed by atoms with E-state index in [1.54, 1.807) is 39.5 Å². The predicted molar refractivity (Wildman–Crippen MR) is 114 cm³/mol. The molecule has 0 amide bonds. The fourth-order valence-electron chi connectivity index (χ4n) is 3.03. The first kappa shape index (κ1) is 19.6. The van der Waals surface area contributed by atoms with Crippen LogP contribution in [0.25, 0.3) is 10.6 Å². The molecule has 8 heteroatoms. The summed E-state index contributed by atoms with van der Waals surface area (Å²) in [5.41, 5.74) is 3.36. The molecule has 0 radical (unpaired) electrons. The van der Waals surface area contributed by atoms with Crippen LogP contribution in [0.4, 0.5) is 0 Å². The van der Waals surface area contributed by atoms with E-state index in [1.165, 1.54) is 11.8 Å². The highest BCUT2D eigenvalue weighted by Gasteiger charge is 2.27. The van der Waals surface area contributed by atoms with Gasteiger partial charge in [-0.3, -0.25) is 0 Å². The van der Waals surface area contributed by atoms with Gasteiger partial charge in [-0.1, -0.05) is 29.8 Å². The van der Waals surface area contributed by atoms with Gasteiger partial charge in [0.05, 0.1) is 10.7 Å². The van der Waals surface area contributed by atoms with E-state index in [-0.39, 0.29) is 4.90 Å². The molecule has 1 aromatic carbocycles. The molecular formula is C20H21N3O2S3. The third-order valence-corrected chi connectivity index (χ3v) is 8.43. The average molecular weight is 432 g/mol. The van der Waals surface area contributed by atoms with Crippen LogP contribution in [0.2, 0.25) is 0 Å². The molecule has 1 aliphatic heterocycles. The number of aryl methyl sites for hydroxylation is 1. The standard InChI is InChI=1S/C20H21N3O2S3/c1-15-4-6-16(7-5-15)20-22-17(14-27-20)13-26-19-9-8-18(12-21-19)28(24,25)23-10-2-3-11-23/h4-9,12,14H,2-3,10-11,13H2,1H3. The average Bonchev–Trinajstić information content (AvgIpc) is 3.40. The molecule has 1 saturated heterocycles. The number of sulfonamides is 1. The Labute approximate surface area is 173 Å². The fourth-order valence-corrected chi connectivity index (χ4v) is 6.16. The largest absolute Gasteiger partial charge is 0.249 e. The van der Waals surface area contributed by atoms with Crippen molar-refractivity contribution in [2.24, 2.45) is 0 Å². The van der Waals surface area contributed by atoms with Gasteiger partial charge in [-0.25, -0.2) is 18.4 Å². The molecular weight excluding hydrogens is 410 g/mol. The van der Waals surface area contributed by atoms with E-state index < -0.39 is 10.0 Å². The van der Waals surface area contributed by atoms with E-state index in [1.807, 2.05) is 0 Å². The van der Waals surface area contributed by atoms with Crippen molar-refractivity contribution in [3.05, 3.63) is 59.2 Å². The number of nitrogens with zero attached hydrogens (tertiary/aromatic N) is 3. The van der Waals surface area contributed by atoms with Gasteiger partial charge in [-0.05, 0) is 31.9 Å². The topological polar surface area (TPSA) is 63.2 Å². The molecule has 3 aromatic rings. The molecule has 0 saturated carbocycles. The Morgan fingerprint density at radius 2 is 1.86 bits per heavy atom. The number of hydrogen-bond acceptors (Lipinski definition) is 6. The van der Waals surface area contributed by atoms with Crippen molar-refractivity contribution in [3.8, 4) is 10.6 Å². The third kappa shape index (κ3) is 4.30. The van der Waals surface area contributed by atoms with Crippen LogP contribution >= 0.6 is 23.1 Å². The zero-order valence-electron chi connectivity index (χ0n) is 15.5. The summed E-state index contributed by atoms with van der Waals surface area (Å²) < 4.78 is 26.6. The summed E-state index contributed by atoms with van der Waals surface area (Å²) in [4.78, 5) is 9.31. The monoisotopic (exact) mass is 431 g/mol. The van der Waals surface area contributed by atoms with Crippen molar-refractivity contribution in [3.63, 3.8) is 0 Å². The molecule has 4 rings (SSSR count). The smallest absolute Gasteiger partial charge is 0.244 e. The molecule has 5 nitrogen and oxygen atoms in total. The molecule has 146 valence electrons. The quantitative estimate of drug-likeness (QED) is 0.534. The number of rotatable bonds is 6. The lowest BCUT2D eigenvalue weighted by molar-refractivity contribution is 0.477. The number of pyridine rings is 1. The summed E-state index contributed by atoms with van der Waals surface area (Å²) in [7, 11) is -3.40. The fraction of sp³-hybridized carbons (Fsp3) is 0.300. The first-order valence-corrected chi connectivity index (χ1v) is 12.4. The molecule has 0 unspecified atom stereocenters. The van der Waals surface area contributed by atoms with Gasteiger partial charge < -0.3 is 0 Å². The van der Waals surface area contributed by atoms with Crippen molar-refractivity contribution in [1.29, 1.82) is 0 Å². The van der Waals surface area contributed by atoms with Crippen molar-refractivity contribution in [2.75, 3.05) is 13.1 Å². The predicted octanol–water partition coefficient (Wildman–Crippen LogP) is 4.59. The van der Waals surface area contributed by atoms with Crippen LogP contribution in [0.3, 0.4) is 0 Å². The lowest BCUT2D eigenvalue weighted by Crippen LogP contribution is -2.27. The van der Waals surface area contributed by atoms with Gasteiger partial charge in [-0.15, -0.1) is 23.1 Å². The summed E-state index contributed by atoms with van der Waals surface area (Å²) in [6, 6.07) is 11.8. The Bertz CT molecular complexity index is 1040. The highest BCUT2D eigenvalue weighted by Crippen LogP contribution is 2.28. The van der Waals surface area contributed by atoms with E-state index in [9.17, 15) is 8.42 Å². The van der Waals surface area contributed by atoms with E-state index >= 15 is 0 Å². The molecule has 0 spiro atoms. The van der Waals surface area contributed by atoms with Crippen molar-refractivity contribution >= 4 is 33.1 Å². The maximum Gasteiger partial charge on any atom is 0.244 e. The number of hydrogen-bond donors (Lipinski definition) is 0. The second kappa shape index (κ2) is 8.32. The zero-order valence-corrected chi connectivity index (χ0v) is 18.0. The van der Waals surface area contributed by atoms with E-state index in [2.05, 4.69) is 41.6 Å². The first-order valence-electron chi connectivity index (χ1n) is 9.13. The van der Waals surface area contributed by atoms with Gasteiger partial charge in [0.2, 0.25) is 10.0 Å². The molecule has 1 aliphatic rings. The van der Waals surface area contributed by atoms with Crippen LogP contribution in [0, 0.1) is 6.92 Å². The third-order valence-electron chi connectivity index (χ3n) is 4.63. The van der Waals surface area contributed by atoms with Crippen LogP contribution in [0.15, 0.2) is 57.9 Å². The van der Waals surface area contributed by atoms with Crippen LogP contribution in [-0.4, -0.2) is 35.8 Å². The Morgan fingerprint density at radius 3 is 2.54 bits per heavy atom. The van der Waals surface area contributed by atoms with Crippen LogP contribution in [0.5, 0.6) is 0 Å². The number of thiazole rings is 1. The van der Waals surface area contributed by atoms with E-state index in [4.69, 9.17) is 4.98 Å². The molecule has 0 aliphatic carbocycles. The maximum atomic E-state index is 12.6. The lowest BCUT2D eigenvalue weighted by Gasteiger charge is -2.15. The van der Waals surface area contributed by atoms with Gasteiger partial charge in [0.1, 0.15) is 9.90 Å². The van der Waals surface area contributed by atoms with Crippen molar-refractivity contribution in [1.82, 2.24) is 14.3 Å². The van der Waals surface area contributed by atoms with Gasteiger partial charge in [-0.2, -0.15) is 4.31 Å². The first-order chi connectivity index (χ1) is 13.5. The van der Waals surface area contributed by atoms with Crippen molar-refractivity contribution < 1.29 is 8.42 Å². The highest BCUT2D eigenvalue weighted by molar-refractivity contribution is 7.98. The van der Waals surface area contributed by atoms with E-state index in [0.717, 1.165) is 34.1 Å². The summed E-state index contributed by atoms with van der Waals surface area (Å²) in [5.74, 6) is 0.702. The van der Waals surface area contributed by atoms with Crippen LogP contribution in [0.1, 0.15) is 24.1 Å². The Hall–Kier alpha value is -1.74. The minimum absolute atomic E-state index is 0.272. The maximum absolute atomic E-state index is 12.6. The molecule has 3 heterocycles. The van der Waals surface area contributed by atoms with Gasteiger partial charge in [0.15, 0.2) is 0 Å². The summed E-state index contributed by atoms with van der Waals surface area (Å²) in [6.07, 6.45) is 3.33. The summed E-state index contributed by atoms with van der Waals surface area (Å²) >= 11 is 3.19. The second-order valence-electron chi connectivity index (χ2n) is 6.74. The molecule has 2 aromatic heterocycles. The molecule has 0 bridgehead atoms. The lowest BCUT2D eigenvalue weighted by atomic mass is 10.2. The minimum Gasteiger partial charge on any atom is -0.249 e. The van der Waals surface area contributed by atoms with Gasteiger partial charge >= 0.3 is 0 Å². The Morgan fingerprint density at radius 1 is 1.11 bits per heavy atom. The van der Waals surface area contributed by atoms with Crippen LogP contribution < -0.4 is 0 Å². The summed E-state index contributed by atoms with van der Waals surface area (Å²) in [6.45, 7) is 3.28. The molecule has 28 heavy (non-hydrogen) atoms. The Balaban J connectivity index is 1.40. The van der Waals surface area contributed by atoms with Gasteiger partial charge in [0.25, 0.3) is 0 Å². The van der Waals surface area contributed by atoms with E-state index in [0.29, 0.717) is 18.8 Å². The number of thioether (sulfide) groups is 1.